The largest absolute Gasteiger partial charge is 0.496 e. The molecule has 0 amide bonds. The van der Waals surface area contributed by atoms with E-state index in [4.69, 9.17) is 9.47 Å². The number of hydrogen-bond donors (Lipinski definition) is 1. The highest BCUT2D eigenvalue weighted by Crippen LogP contribution is 2.34. The molecule has 3 nitrogen and oxygen atoms in total. The molecule has 1 saturated carbocycles. The smallest absolute Gasteiger partial charge is 0.124 e. The Kier molecular flexibility index (Phi) is 6.07. The monoisotopic (exact) mass is 291 g/mol. The minimum absolute atomic E-state index is 0.357. The molecule has 1 aromatic rings. The van der Waals surface area contributed by atoms with Gasteiger partial charge in [0.25, 0.3) is 0 Å². The van der Waals surface area contributed by atoms with Gasteiger partial charge in [0.1, 0.15) is 5.75 Å². The lowest BCUT2D eigenvalue weighted by molar-refractivity contribution is 0.181. The normalized spacial score (nSPS) is 17.5. The summed E-state index contributed by atoms with van der Waals surface area (Å²) in [6.45, 7) is 5.11. The van der Waals surface area contributed by atoms with E-state index in [9.17, 15) is 0 Å². The molecule has 0 radical (unpaired) electrons. The van der Waals surface area contributed by atoms with Crippen molar-refractivity contribution in [3.05, 3.63) is 29.3 Å². The lowest BCUT2D eigenvalue weighted by Crippen LogP contribution is -2.31. The van der Waals surface area contributed by atoms with Crippen LogP contribution < -0.4 is 10.1 Å². The minimum Gasteiger partial charge on any atom is -0.496 e. The van der Waals surface area contributed by atoms with Gasteiger partial charge in [-0.3, -0.25) is 0 Å². The van der Waals surface area contributed by atoms with Crippen molar-refractivity contribution in [3.8, 4) is 5.75 Å². The van der Waals surface area contributed by atoms with Crippen LogP contribution in [0.1, 0.15) is 56.7 Å². The van der Waals surface area contributed by atoms with Crippen molar-refractivity contribution in [1.82, 2.24) is 5.32 Å². The summed E-state index contributed by atoms with van der Waals surface area (Å²) < 4.78 is 10.7. The molecule has 0 spiro atoms. The average molecular weight is 291 g/mol. The molecule has 3 heteroatoms. The van der Waals surface area contributed by atoms with Gasteiger partial charge in [-0.05, 0) is 43.4 Å². The van der Waals surface area contributed by atoms with Crippen molar-refractivity contribution in [2.45, 2.75) is 58.2 Å². The third-order valence-electron chi connectivity index (χ3n) is 4.40. The second-order valence-electron chi connectivity index (χ2n) is 6.18. The molecule has 2 atom stereocenters. The maximum absolute atomic E-state index is 5.40. The number of benzene rings is 1. The van der Waals surface area contributed by atoms with E-state index in [0.717, 1.165) is 17.2 Å². The Hall–Kier alpha value is -1.06. The van der Waals surface area contributed by atoms with Gasteiger partial charge >= 0.3 is 0 Å². The van der Waals surface area contributed by atoms with Crippen molar-refractivity contribution in [1.29, 1.82) is 0 Å². The standard InChI is InChI=1S/C18H29NO2/c1-5-17(10-14-6-7-14)19-13(2)15-8-9-18(21-4)16(11-15)12-20-3/h8-9,11,13-14,17,19H,5-7,10,12H2,1-4H3. The van der Waals surface area contributed by atoms with Gasteiger partial charge in [0, 0.05) is 24.8 Å². The molecule has 1 N–H and O–H groups in total. The number of nitrogens with one attached hydrogen (secondary N) is 1. The summed E-state index contributed by atoms with van der Waals surface area (Å²) in [6, 6.07) is 7.38. The summed E-state index contributed by atoms with van der Waals surface area (Å²) in [5, 5.41) is 3.78. The zero-order valence-electron chi connectivity index (χ0n) is 13.8. The highest BCUT2D eigenvalue weighted by Gasteiger charge is 2.25. The molecule has 0 saturated heterocycles. The van der Waals surface area contributed by atoms with Gasteiger partial charge in [-0.1, -0.05) is 25.8 Å². The van der Waals surface area contributed by atoms with Crippen molar-refractivity contribution in [3.63, 3.8) is 0 Å². The van der Waals surface area contributed by atoms with E-state index in [2.05, 4.69) is 31.3 Å². The molecule has 1 fully saturated rings. The maximum atomic E-state index is 5.40. The van der Waals surface area contributed by atoms with Crippen LogP contribution >= 0.6 is 0 Å². The number of hydrogen-bond acceptors (Lipinski definition) is 3. The fraction of sp³-hybridized carbons (Fsp3) is 0.667. The number of methoxy groups -OCH3 is 2. The first-order chi connectivity index (χ1) is 10.2. The zero-order valence-corrected chi connectivity index (χ0v) is 13.8. The van der Waals surface area contributed by atoms with Crippen molar-refractivity contribution >= 4 is 0 Å². The van der Waals surface area contributed by atoms with Gasteiger partial charge in [0.2, 0.25) is 0 Å². The van der Waals surface area contributed by atoms with Crippen molar-refractivity contribution in [2.24, 2.45) is 5.92 Å². The molecule has 2 unspecified atom stereocenters. The molecule has 0 heterocycles. The van der Waals surface area contributed by atoms with Crippen LogP contribution in [0, 0.1) is 5.92 Å². The van der Waals surface area contributed by atoms with Crippen LogP contribution in [0.5, 0.6) is 5.75 Å². The van der Waals surface area contributed by atoms with Crippen LogP contribution in [0.4, 0.5) is 0 Å². The van der Waals surface area contributed by atoms with E-state index in [1.165, 1.54) is 31.2 Å². The van der Waals surface area contributed by atoms with Crippen LogP contribution in [0.3, 0.4) is 0 Å². The molecule has 0 bridgehead atoms. The minimum atomic E-state index is 0.357. The van der Waals surface area contributed by atoms with E-state index >= 15 is 0 Å². The Morgan fingerprint density at radius 1 is 1.29 bits per heavy atom. The Balaban J connectivity index is 2.02. The second kappa shape index (κ2) is 7.81. The average Bonchev–Trinajstić information content (AvgIpc) is 3.30. The summed E-state index contributed by atoms with van der Waals surface area (Å²) >= 11 is 0. The van der Waals surface area contributed by atoms with Gasteiger partial charge in [-0.15, -0.1) is 0 Å². The molecule has 1 aliphatic rings. The van der Waals surface area contributed by atoms with Crippen molar-refractivity contribution in [2.75, 3.05) is 14.2 Å². The summed E-state index contributed by atoms with van der Waals surface area (Å²) in [5.41, 5.74) is 2.42. The van der Waals surface area contributed by atoms with Gasteiger partial charge in [0.15, 0.2) is 0 Å². The first kappa shape index (κ1) is 16.3. The van der Waals surface area contributed by atoms with E-state index in [-0.39, 0.29) is 0 Å². The van der Waals surface area contributed by atoms with Crippen LogP contribution in [0.25, 0.3) is 0 Å². The van der Waals surface area contributed by atoms with Crippen LogP contribution in [0.2, 0.25) is 0 Å². The SMILES string of the molecule is CCC(CC1CC1)NC(C)c1ccc(OC)c(COC)c1. The van der Waals surface area contributed by atoms with Crippen LogP contribution in [-0.4, -0.2) is 20.3 Å². The molecule has 118 valence electrons. The quantitative estimate of drug-likeness (QED) is 0.744. The molecule has 21 heavy (non-hydrogen) atoms. The maximum Gasteiger partial charge on any atom is 0.124 e. The van der Waals surface area contributed by atoms with Crippen LogP contribution in [-0.2, 0) is 11.3 Å². The number of rotatable bonds is 9. The predicted octanol–water partition coefficient (Wildman–Crippen LogP) is 4.07. The lowest BCUT2D eigenvalue weighted by Gasteiger charge is -2.23. The Morgan fingerprint density at radius 3 is 2.62 bits per heavy atom. The highest BCUT2D eigenvalue weighted by atomic mass is 16.5. The number of ether oxygens (including phenoxy) is 2. The fourth-order valence-electron chi connectivity index (χ4n) is 2.89. The fourth-order valence-corrected chi connectivity index (χ4v) is 2.89. The van der Waals surface area contributed by atoms with Gasteiger partial charge in [-0.2, -0.15) is 0 Å². The topological polar surface area (TPSA) is 30.5 Å². The Bertz CT molecular complexity index is 443. The molecular formula is C18H29NO2. The van der Waals surface area contributed by atoms with Gasteiger partial charge < -0.3 is 14.8 Å². The van der Waals surface area contributed by atoms with Crippen LogP contribution in [0.15, 0.2) is 18.2 Å². The molecule has 0 aromatic heterocycles. The third kappa shape index (κ3) is 4.72. The van der Waals surface area contributed by atoms with E-state index in [0.29, 0.717) is 18.7 Å². The zero-order chi connectivity index (χ0) is 15.2. The van der Waals surface area contributed by atoms with Crippen molar-refractivity contribution < 1.29 is 9.47 Å². The summed E-state index contributed by atoms with van der Waals surface area (Å²) in [4.78, 5) is 0. The first-order valence-corrected chi connectivity index (χ1v) is 8.09. The predicted molar refractivity (Wildman–Crippen MR) is 86.7 cm³/mol. The molecule has 1 aliphatic carbocycles. The molecule has 0 aliphatic heterocycles. The molecule has 2 rings (SSSR count). The Labute approximate surface area is 129 Å². The second-order valence-corrected chi connectivity index (χ2v) is 6.18. The van der Waals surface area contributed by atoms with Gasteiger partial charge in [0.05, 0.1) is 13.7 Å². The molecule has 1 aromatic carbocycles. The van der Waals surface area contributed by atoms with E-state index in [1.807, 2.05) is 6.07 Å². The molecular weight excluding hydrogens is 262 g/mol. The van der Waals surface area contributed by atoms with E-state index in [1.54, 1.807) is 14.2 Å². The van der Waals surface area contributed by atoms with E-state index < -0.39 is 0 Å². The lowest BCUT2D eigenvalue weighted by atomic mass is 10.0. The summed E-state index contributed by atoms with van der Waals surface area (Å²) in [5.74, 6) is 1.87. The first-order valence-electron chi connectivity index (χ1n) is 8.09. The third-order valence-corrected chi connectivity index (χ3v) is 4.40. The Morgan fingerprint density at radius 2 is 2.05 bits per heavy atom. The highest BCUT2D eigenvalue weighted by molar-refractivity contribution is 5.38. The van der Waals surface area contributed by atoms with Gasteiger partial charge in [-0.25, -0.2) is 0 Å². The summed E-state index contributed by atoms with van der Waals surface area (Å²) in [7, 11) is 3.43. The summed E-state index contributed by atoms with van der Waals surface area (Å²) in [6.07, 6.45) is 5.37.